The summed E-state index contributed by atoms with van der Waals surface area (Å²) in [5.41, 5.74) is 0.319. The van der Waals surface area contributed by atoms with Crippen LogP contribution < -0.4 is 4.31 Å². The van der Waals surface area contributed by atoms with Gasteiger partial charge in [-0.2, -0.15) is 0 Å². The van der Waals surface area contributed by atoms with Crippen molar-refractivity contribution in [1.29, 1.82) is 0 Å². The molecule has 0 saturated heterocycles. The van der Waals surface area contributed by atoms with E-state index in [2.05, 4.69) is 0 Å². The zero-order chi connectivity index (χ0) is 17.2. The van der Waals surface area contributed by atoms with Crippen LogP contribution in [-0.2, 0) is 10.0 Å². The normalized spacial score (nSPS) is 11.7. The van der Waals surface area contributed by atoms with Crippen molar-refractivity contribution in [2.45, 2.75) is 18.7 Å². The number of benzene rings is 2. The van der Waals surface area contributed by atoms with E-state index in [1.807, 2.05) is 13.8 Å². The number of aromatic hydroxyl groups is 1. The predicted molar refractivity (Wildman–Crippen MR) is 88.9 cm³/mol. The Morgan fingerprint density at radius 2 is 1.91 bits per heavy atom. The molecule has 4 nitrogen and oxygen atoms in total. The van der Waals surface area contributed by atoms with Gasteiger partial charge in [-0.05, 0) is 36.2 Å². The molecule has 0 radical (unpaired) electrons. The molecule has 0 heterocycles. The van der Waals surface area contributed by atoms with Gasteiger partial charge in [0.1, 0.15) is 16.5 Å². The number of hydrogen-bond donors (Lipinski definition) is 1. The van der Waals surface area contributed by atoms with Gasteiger partial charge in [0, 0.05) is 12.6 Å². The molecule has 0 unspecified atom stereocenters. The van der Waals surface area contributed by atoms with E-state index in [0.29, 0.717) is 5.69 Å². The molecule has 23 heavy (non-hydrogen) atoms. The number of hydrogen-bond acceptors (Lipinski definition) is 3. The van der Waals surface area contributed by atoms with Gasteiger partial charge in [0.2, 0.25) is 0 Å². The first-order chi connectivity index (χ1) is 10.7. The van der Waals surface area contributed by atoms with Gasteiger partial charge in [0.15, 0.2) is 0 Å². The van der Waals surface area contributed by atoms with Crippen LogP contribution in [0.25, 0.3) is 0 Å². The Kier molecular flexibility index (Phi) is 5.16. The van der Waals surface area contributed by atoms with Crippen molar-refractivity contribution in [2.24, 2.45) is 5.92 Å². The third-order valence-corrected chi connectivity index (χ3v) is 5.39. The van der Waals surface area contributed by atoms with E-state index in [4.69, 9.17) is 11.6 Å². The number of rotatable bonds is 5. The van der Waals surface area contributed by atoms with E-state index < -0.39 is 15.8 Å². The molecule has 7 heteroatoms. The van der Waals surface area contributed by atoms with Crippen LogP contribution in [0.15, 0.2) is 47.4 Å². The number of phenolic OH excluding ortho intramolecular Hbond substituents is 1. The van der Waals surface area contributed by atoms with Gasteiger partial charge in [-0.3, -0.25) is 4.31 Å². The maximum Gasteiger partial charge on any atom is 0.265 e. The molecule has 0 aliphatic heterocycles. The highest BCUT2D eigenvalue weighted by molar-refractivity contribution is 7.93. The Hall–Kier alpha value is -1.79. The van der Waals surface area contributed by atoms with Crippen molar-refractivity contribution in [3.63, 3.8) is 0 Å². The molecule has 1 N–H and O–H groups in total. The largest absolute Gasteiger partial charge is 0.508 e. The number of halogens is 2. The first-order valence-electron chi connectivity index (χ1n) is 6.98. The molecule has 0 aliphatic carbocycles. The molecule has 2 rings (SSSR count). The summed E-state index contributed by atoms with van der Waals surface area (Å²) < 4.78 is 40.3. The second-order valence-electron chi connectivity index (χ2n) is 5.52. The molecule has 2 aromatic rings. The summed E-state index contributed by atoms with van der Waals surface area (Å²) in [6.07, 6.45) is 0. The highest BCUT2D eigenvalue weighted by Gasteiger charge is 2.28. The average Bonchev–Trinajstić information content (AvgIpc) is 2.44. The van der Waals surface area contributed by atoms with Gasteiger partial charge in [0.25, 0.3) is 10.0 Å². The molecule has 2 aromatic carbocycles. The molecular formula is C16H17ClFNO3S. The second-order valence-corrected chi connectivity index (χ2v) is 7.76. The lowest BCUT2D eigenvalue weighted by molar-refractivity contribution is 0.475. The summed E-state index contributed by atoms with van der Waals surface area (Å²) in [4.78, 5) is -0.176. The summed E-state index contributed by atoms with van der Waals surface area (Å²) in [6, 6.07) is 9.10. The Bertz CT molecular complexity index is 809. The quantitative estimate of drug-likeness (QED) is 0.878. The zero-order valence-corrected chi connectivity index (χ0v) is 14.3. The molecule has 0 fully saturated rings. The topological polar surface area (TPSA) is 57.6 Å². The van der Waals surface area contributed by atoms with Crippen molar-refractivity contribution in [2.75, 3.05) is 10.8 Å². The van der Waals surface area contributed by atoms with Crippen LogP contribution >= 0.6 is 11.6 Å². The first-order valence-corrected chi connectivity index (χ1v) is 8.80. The zero-order valence-electron chi connectivity index (χ0n) is 12.7. The highest BCUT2D eigenvalue weighted by atomic mass is 35.5. The van der Waals surface area contributed by atoms with Gasteiger partial charge in [-0.15, -0.1) is 0 Å². The van der Waals surface area contributed by atoms with Gasteiger partial charge in [-0.1, -0.05) is 31.5 Å². The summed E-state index contributed by atoms with van der Waals surface area (Å²) >= 11 is 5.92. The third-order valence-electron chi connectivity index (χ3n) is 3.11. The van der Waals surface area contributed by atoms with Crippen LogP contribution in [0.3, 0.4) is 0 Å². The Balaban J connectivity index is 2.57. The lowest BCUT2D eigenvalue weighted by atomic mass is 10.2. The first kappa shape index (κ1) is 17.6. The fourth-order valence-corrected chi connectivity index (χ4v) is 4.25. The monoisotopic (exact) mass is 357 g/mol. The SMILES string of the molecule is CC(C)CN(c1cccc(O)c1)S(=O)(=O)c1ccc(F)cc1Cl. The fraction of sp³-hybridized carbons (Fsp3) is 0.250. The molecule has 0 saturated carbocycles. The Morgan fingerprint density at radius 3 is 2.48 bits per heavy atom. The third kappa shape index (κ3) is 3.95. The highest BCUT2D eigenvalue weighted by Crippen LogP contribution is 2.31. The molecule has 124 valence electrons. The minimum atomic E-state index is -3.99. The lowest BCUT2D eigenvalue weighted by Crippen LogP contribution is -2.34. The standard InChI is InChI=1S/C16H17ClFNO3S/c1-11(2)10-19(13-4-3-5-14(20)9-13)23(21,22)16-7-6-12(18)8-15(16)17/h3-9,11,20H,10H2,1-2H3. The van der Waals surface area contributed by atoms with Crippen molar-refractivity contribution in [1.82, 2.24) is 0 Å². The van der Waals surface area contributed by atoms with Crippen LogP contribution in [0, 0.1) is 11.7 Å². The van der Waals surface area contributed by atoms with Gasteiger partial charge < -0.3 is 5.11 Å². The summed E-state index contributed by atoms with van der Waals surface area (Å²) in [6.45, 7) is 3.94. The molecule has 0 aromatic heterocycles. The van der Waals surface area contributed by atoms with E-state index in [0.717, 1.165) is 22.5 Å². The number of nitrogens with zero attached hydrogens (tertiary/aromatic N) is 1. The maximum absolute atomic E-state index is 13.2. The fourth-order valence-electron chi connectivity index (χ4n) is 2.13. The molecular weight excluding hydrogens is 341 g/mol. The van der Waals surface area contributed by atoms with Crippen molar-refractivity contribution in [3.8, 4) is 5.75 Å². The maximum atomic E-state index is 13.2. The minimum Gasteiger partial charge on any atom is -0.508 e. The molecule has 0 aliphatic rings. The van der Waals surface area contributed by atoms with Crippen molar-refractivity contribution < 1.29 is 17.9 Å². The second kappa shape index (κ2) is 6.76. The van der Waals surface area contributed by atoms with Gasteiger partial charge in [-0.25, -0.2) is 12.8 Å². The van der Waals surface area contributed by atoms with Crippen molar-refractivity contribution >= 4 is 27.3 Å². The molecule has 0 atom stereocenters. The van der Waals surface area contributed by atoms with Crippen LogP contribution in [0.4, 0.5) is 10.1 Å². The lowest BCUT2D eigenvalue weighted by Gasteiger charge is -2.26. The number of phenols is 1. The van der Waals surface area contributed by atoms with Crippen LogP contribution in [0.5, 0.6) is 5.75 Å². The minimum absolute atomic E-state index is 0.0337. The smallest absolute Gasteiger partial charge is 0.265 e. The van der Waals surface area contributed by atoms with Crippen LogP contribution in [0.2, 0.25) is 5.02 Å². The average molecular weight is 358 g/mol. The molecule has 0 amide bonds. The van der Waals surface area contributed by atoms with E-state index in [9.17, 15) is 17.9 Å². The summed E-state index contributed by atoms with van der Waals surface area (Å²) in [7, 11) is -3.99. The van der Waals surface area contributed by atoms with E-state index in [1.54, 1.807) is 12.1 Å². The van der Waals surface area contributed by atoms with E-state index >= 15 is 0 Å². The summed E-state index contributed by atoms with van der Waals surface area (Å²) in [5.74, 6) is -0.621. The Morgan fingerprint density at radius 1 is 1.22 bits per heavy atom. The molecule has 0 bridgehead atoms. The van der Waals surface area contributed by atoms with Crippen molar-refractivity contribution in [3.05, 3.63) is 53.3 Å². The predicted octanol–water partition coefficient (Wildman–Crippen LogP) is 4.04. The van der Waals surface area contributed by atoms with Crippen LogP contribution in [-0.4, -0.2) is 20.1 Å². The number of anilines is 1. The van der Waals surface area contributed by atoms with E-state index in [-0.39, 0.29) is 28.1 Å². The van der Waals surface area contributed by atoms with E-state index in [1.165, 1.54) is 12.1 Å². The Labute approximate surface area is 140 Å². The number of sulfonamides is 1. The molecule has 0 spiro atoms. The van der Waals surface area contributed by atoms with Gasteiger partial charge >= 0.3 is 0 Å². The summed E-state index contributed by atoms with van der Waals surface area (Å²) in [5, 5.41) is 9.44. The van der Waals surface area contributed by atoms with Gasteiger partial charge in [0.05, 0.1) is 10.7 Å². The van der Waals surface area contributed by atoms with Crippen LogP contribution in [0.1, 0.15) is 13.8 Å².